The predicted molar refractivity (Wildman–Crippen MR) is 110 cm³/mol. The van der Waals surface area contributed by atoms with Gasteiger partial charge in [-0.05, 0) is 47.9 Å². The Balaban J connectivity index is 1.70. The molecule has 0 N–H and O–H groups in total. The minimum Gasteiger partial charge on any atom is -0.406 e. The molecule has 0 heterocycles. The molecule has 154 valence electrons. The standard InChI is InChI=1S/C24H20F3NO2/c1-17(13-14-28-16-18-5-3-2-4-6-18)22-15-20(9-12-23(22)29)19-7-10-21(11-8-19)30-24(25,26)27/h2-15,20H,16H2,1H3. The van der Waals surface area contributed by atoms with Crippen LogP contribution in [0, 0.1) is 0 Å². The highest BCUT2D eigenvalue weighted by Crippen LogP contribution is 2.30. The maximum absolute atomic E-state index is 12.3. The van der Waals surface area contributed by atoms with Gasteiger partial charge in [0.2, 0.25) is 0 Å². The number of benzene rings is 2. The maximum Gasteiger partial charge on any atom is 0.573 e. The van der Waals surface area contributed by atoms with Crippen LogP contribution in [0.4, 0.5) is 13.2 Å². The summed E-state index contributed by atoms with van der Waals surface area (Å²) in [6.07, 6.45) is 3.74. The lowest BCUT2D eigenvalue weighted by Gasteiger charge is -2.17. The summed E-state index contributed by atoms with van der Waals surface area (Å²) in [4.78, 5) is 16.6. The quantitative estimate of drug-likeness (QED) is 0.551. The highest BCUT2D eigenvalue weighted by Gasteiger charge is 2.31. The molecule has 0 aromatic heterocycles. The van der Waals surface area contributed by atoms with Crippen LogP contribution < -0.4 is 4.74 Å². The Morgan fingerprint density at radius 3 is 2.47 bits per heavy atom. The van der Waals surface area contributed by atoms with Crippen LogP contribution >= 0.6 is 0 Å². The van der Waals surface area contributed by atoms with Gasteiger partial charge in [-0.2, -0.15) is 0 Å². The zero-order chi connectivity index (χ0) is 21.6. The third-order valence-electron chi connectivity index (χ3n) is 4.54. The van der Waals surface area contributed by atoms with Crippen molar-refractivity contribution in [3.05, 3.63) is 101 Å². The van der Waals surface area contributed by atoms with Crippen molar-refractivity contribution in [2.75, 3.05) is 0 Å². The summed E-state index contributed by atoms with van der Waals surface area (Å²) in [5.74, 6) is -0.618. The number of carbonyl (C=O) groups is 1. The molecule has 0 saturated heterocycles. The van der Waals surface area contributed by atoms with Gasteiger partial charge in [0.15, 0.2) is 5.78 Å². The van der Waals surface area contributed by atoms with Crippen LogP contribution in [0.5, 0.6) is 5.75 Å². The summed E-state index contributed by atoms with van der Waals surface area (Å²) in [5.41, 5.74) is 3.16. The van der Waals surface area contributed by atoms with Crippen molar-refractivity contribution in [2.24, 2.45) is 4.99 Å². The number of hydrogen-bond donors (Lipinski definition) is 0. The lowest BCUT2D eigenvalue weighted by atomic mass is 9.87. The van der Waals surface area contributed by atoms with Crippen LogP contribution in [-0.2, 0) is 11.3 Å². The molecule has 1 aliphatic rings. The van der Waals surface area contributed by atoms with E-state index in [0.717, 1.165) is 16.7 Å². The monoisotopic (exact) mass is 411 g/mol. The Labute approximate surface area is 172 Å². The summed E-state index contributed by atoms with van der Waals surface area (Å²) < 4.78 is 40.8. The number of ketones is 1. The van der Waals surface area contributed by atoms with Gasteiger partial charge >= 0.3 is 6.36 Å². The van der Waals surface area contributed by atoms with Crippen LogP contribution in [0.15, 0.2) is 95.0 Å². The second-order valence-corrected chi connectivity index (χ2v) is 6.77. The van der Waals surface area contributed by atoms with Crippen LogP contribution in [-0.4, -0.2) is 18.4 Å². The molecule has 1 aliphatic carbocycles. The summed E-state index contributed by atoms with van der Waals surface area (Å²) in [6.45, 7) is 2.38. The number of hydrogen-bond acceptors (Lipinski definition) is 3. The molecule has 30 heavy (non-hydrogen) atoms. The molecular formula is C24H20F3NO2. The Hall–Kier alpha value is -3.41. The van der Waals surface area contributed by atoms with Crippen molar-refractivity contribution >= 4 is 12.0 Å². The Morgan fingerprint density at radius 2 is 1.80 bits per heavy atom. The molecule has 1 atom stereocenters. The number of nitrogens with zero attached hydrogens (tertiary/aromatic N) is 1. The van der Waals surface area contributed by atoms with E-state index in [1.807, 2.05) is 37.3 Å². The molecular weight excluding hydrogens is 391 g/mol. The molecule has 0 spiro atoms. The van der Waals surface area contributed by atoms with Crippen molar-refractivity contribution in [2.45, 2.75) is 25.7 Å². The summed E-state index contributed by atoms with van der Waals surface area (Å²) in [7, 11) is 0. The first kappa shape index (κ1) is 21.3. The van der Waals surface area contributed by atoms with Gasteiger partial charge in [0, 0.05) is 17.7 Å². The number of aliphatic imine (C=N–C) groups is 1. The topological polar surface area (TPSA) is 38.7 Å². The van der Waals surface area contributed by atoms with E-state index in [4.69, 9.17) is 0 Å². The van der Waals surface area contributed by atoms with Crippen molar-refractivity contribution in [3.63, 3.8) is 0 Å². The van der Waals surface area contributed by atoms with E-state index in [9.17, 15) is 18.0 Å². The highest BCUT2D eigenvalue weighted by atomic mass is 19.4. The second-order valence-electron chi connectivity index (χ2n) is 6.77. The van der Waals surface area contributed by atoms with Crippen LogP contribution in [0.1, 0.15) is 24.0 Å². The number of ether oxygens (including phenoxy) is 1. The fraction of sp³-hybridized carbons (Fsp3) is 0.167. The first-order valence-corrected chi connectivity index (χ1v) is 9.33. The van der Waals surface area contributed by atoms with Crippen LogP contribution in [0.2, 0.25) is 0 Å². The molecule has 0 bridgehead atoms. The molecule has 3 rings (SSSR count). The number of carbonyl (C=O) groups excluding carboxylic acids is 1. The number of alkyl halides is 3. The highest BCUT2D eigenvalue weighted by molar-refractivity contribution is 6.08. The number of halogens is 3. The lowest BCUT2D eigenvalue weighted by Crippen LogP contribution is -2.17. The second kappa shape index (κ2) is 9.39. The first-order chi connectivity index (χ1) is 14.3. The molecule has 0 fully saturated rings. The fourth-order valence-corrected chi connectivity index (χ4v) is 3.02. The molecule has 0 saturated carbocycles. The Bertz CT molecular complexity index is 1000. The summed E-state index contributed by atoms with van der Waals surface area (Å²) in [5, 5.41) is 0. The summed E-state index contributed by atoms with van der Waals surface area (Å²) >= 11 is 0. The molecule has 0 aliphatic heterocycles. The van der Waals surface area contributed by atoms with Crippen molar-refractivity contribution in [1.29, 1.82) is 0 Å². The average molecular weight is 411 g/mol. The van der Waals surface area contributed by atoms with E-state index in [-0.39, 0.29) is 17.5 Å². The van der Waals surface area contributed by atoms with Crippen LogP contribution in [0.3, 0.4) is 0 Å². The Morgan fingerprint density at radius 1 is 1.10 bits per heavy atom. The van der Waals surface area contributed by atoms with E-state index in [1.165, 1.54) is 18.2 Å². The fourth-order valence-electron chi connectivity index (χ4n) is 3.02. The third-order valence-corrected chi connectivity index (χ3v) is 4.54. The van der Waals surface area contributed by atoms with E-state index < -0.39 is 6.36 Å². The molecule has 2 aromatic rings. The van der Waals surface area contributed by atoms with Gasteiger partial charge in [0.1, 0.15) is 5.75 Å². The third kappa shape index (κ3) is 6.04. The number of allylic oxidation sites excluding steroid dienone is 6. The van der Waals surface area contributed by atoms with Gasteiger partial charge in [-0.15, -0.1) is 13.2 Å². The van der Waals surface area contributed by atoms with Gasteiger partial charge in [-0.1, -0.05) is 54.6 Å². The zero-order valence-corrected chi connectivity index (χ0v) is 16.3. The van der Waals surface area contributed by atoms with Crippen molar-refractivity contribution in [1.82, 2.24) is 0 Å². The van der Waals surface area contributed by atoms with Gasteiger partial charge in [-0.25, -0.2) is 0 Å². The summed E-state index contributed by atoms with van der Waals surface area (Å²) in [6, 6.07) is 15.5. The number of rotatable bonds is 6. The van der Waals surface area contributed by atoms with Gasteiger partial charge < -0.3 is 4.74 Å². The van der Waals surface area contributed by atoms with E-state index in [1.54, 1.807) is 36.6 Å². The average Bonchev–Trinajstić information content (AvgIpc) is 2.72. The largest absolute Gasteiger partial charge is 0.573 e. The maximum atomic E-state index is 12.3. The minimum absolute atomic E-state index is 0.117. The minimum atomic E-state index is -4.73. The molecule has 2 aromatic carbocycles. The molecule has 6 heteroatoms. The van der Waals surface area contributed by atoms with E-state index in [2.05, 4.69) is 9.73 Å². The van der Waals surface area contributed by atoms with Gasteiger partial charge in [0.25, 0.3) is 0 Å². The van der Waals surface area contributed by atoms with E-state index in [0.29, 0.717) is 12.1 Å². The SMILES string of the molecule is CC(=CC=NCc1ccccc1)C1=CC(c2ccc(OC(F)(F)F)cc2)C=CC1=O. The van der Waals surface area contributed by atoms with Crippen LogP contribution in [0.25, 0.3) is 0 Å². The molecule has 0 radical (unpaired) electrons. The van der Waals surface area contributed by atoms with Gasteiger partial charge in [-0.3, -0.25) is 9.79 Å². The lowest BCUT2D eigenvalue weighted by molar-refractivity contribution is -0.274. The zero-order valence-electron chi connectivity index (χ0n) is 16.3. The molecule has 1 unspecified atom stereocenters. The smallest absolute Gasteiger partial charge is 0.406 e. The van der Waals surface area contributed by atoms with Crippen molar-refractivity contribution < 1.29 is 22.7 Å². The molecule has 0 amide bonds. The first-order valence-electron chi connectivity index (χ1n) is 9.33. The normalized spacial score (nSPS) is 17.3. The Kier molecular flexibility index (Phi) is 6.67. The van der Waals surface area contributed by atoms with E-state index >= 15 is 0 Å². The molecule has 3 nitrogen and oxygen atoms in total. The van der Waals surface area contributed by atoms with Crippen molar-refractivity contribution in [3.8, 4) is 5.75 Å². The van der Waals surface area contributed by atoms with Gasteiger partial charge in [0.05, 0.1) is 6.54 Å². The predicted octanol–water partition coefficient (Wildman–Crippen LogP) is 5.95.